The van der Waals surface area contributed by atoms with Gasteiger partial charge in [-0.25, -0.2) is 0 Å². The molecule has 2 aliphatic carbocycles. The van der Waals surface area contributed by atoms with Gasteiger partial charge in [0.1, 0.15) is 6.10 Å². The van der Waals surface area contributed by atoms with Gasteiger partial charge in [-0.1, -0.05) is 19.3 Å². The quantitative estimate of drug-likeness (QED) is 0.830. The lowest BCUT2D eigenvalue weighted by Gasteiger charge is -2.31. The molecule has 116 valence electrons. The van der Waals surface area contributed by atoms with Crippen molar-refractivity contribution in [1.29, 1.82) is 0 Å². The van der Waals surface area contributed by atoms with Crippen LogP contribution in [0.4, 0.5) is 0 Å². The molecule has 1 unspecified atom stereocenters. The Labute approximate surface area is 126 Å². The zero-order valence-electron chi connectivity index (χ0n) is 13.0. The van der Waals surface area contributed by atoms with E-state index in [1.54, 1.807) is 0 Å². The van der Waals surface area contributed by atoms with Gasteiger partial charge in [0.2, 0.25) is 0 Å². The van der Waals surface area contributed by atoms with Gasteiger partial charge in [-0.3, -0.25) is 4.68 Å². The monoisotopic (exact) mass is 290 g/mol. The van der Waals surface area contributed by atoms with E-state index in [1.165, 1.54) is 56.3 Å². The second-order valence-corrected chi connectivity index (χ2v) is 6.99. The predicted octanol–water partition coefficient (Wildman–Crippen LogP) is 3.83. The highest BCUT2D eigenvalue weighted by atomic mass is 16.7. The van der Waals surface area contributed by atoms with Gasteiger partial charge < -0.3 is 9.47 Å². The summed E-state index contributed by atoms with van der Waals surface area (Å²) in [5, 5.41) is 4.75. The fraction of sp³-hybridized carbons (Fsp3) is 0.824. The van der Waals surface area contributed by atoms with Crippen molar-refractivity contribution >= 4 is 0 Å². The Morgan fingerprint density at radius 2 is 1.90 bits per heavy atom. The van der Waals surface area contributed by atoms with E-state index in [4.69, 9.17) is 14.6 Å². The molecule has 0 radical (unpaired) electrons. The summed E-state index contributed by atoms with van der Waals surface area (Å²) in [5.41, 5.74) is 2.46. The Balaban J connectivity index is 1.51. The average molecular weight is 290 g/mol. The van der Waals surface area contributed by atoms with Gasteiger partial charge in [-0.15, -0.1) is 0 Å². The molecule has 1 saturated heterocycles. The van der Waals surface area contributed by atoms with E-state index < -0.39 is 0 Å². The summed E-state index contributed by atoms with van der Waals surface area (Å²) < 4.78 is 14.4. The Morgan fingerprint density at radius 3 is 2.67 bits per heavy atom. The molecule has 0 aromatic carbocycles. The number of ether oxygens (including phenoxy) is 2. The van der Waals surface area contributed by atoms with Gasteiger partial charge >= 0.3 is 0 Å². The molecule has 1 aliphatic heterocycles. The van der Waals surface area contributed by atoms with E-state index in [0.717, 1.165) is 12.8 Å². The molecule has 3 aliphatic rings. The molecule has 4 rings (SSSR count). The summed E-state index contributed by atoms with van der Waals surface area (Å²) in [7, 11) is 2.04. The van der Waals surface area contributed by atoms with Crippen molar-refractivity contribution in [1.82, 2.24) is 9.78 Å². The fourth-order valence-electron chi connectivity index (χ4n) is 4.28. The molecule has 0 bridgehead atoms. The van der Waals surface area contributed by atoms with Crippen molar-refractivity contribution in [2.75, 3.05) is 6.61 Å². The first kappa shape index (κ1) is 13.8. The summed E-state index contributed by atoms with van der Waals surface area (Å²) in [6.45, 7) is 0.684. The summed E-state index contributed by atoms with van der Waals surface area (Å²) >= 11 is 0. The molecule has 21 heavy (non-hydrogen) atoms. The van der Waals surface area contributed by atoms with Crippen LogP contribution in [0.5, 0.6) is 0 Å². The van der Waals surface area contributed by atoms with Crippen molar-refractivity contribution < 1.29 is 9.47 Å². The van der Waals surface area contributed by atoms with Crippen LogP contribution < -0.4 is 0 Å². The zero-order chi connectivity index (χ0) is 14.3. The number of hydrogen-bond donors (Lipinski definition) is 0. The number of aromatic nitrogens is 2. The molecule has 4 heteroatoms. The molecule has 0 amide bonds. The maximum atomic E-state index is 6.35. The summed E-state index contributed by atoms with van der Waals surface area (Å²) in [6.07, 6.45) is 11.2. The standard InChI is InChI=1S/C17H26N2O2/c1-19-15(11-14(18-19)13-7-3-4-8-13)16-12-20-17(21-16)9-5-2-6-10-17/h11,13,16H,2-10,12H2,1H3. The third-order valence-corrected chi connectivity index (χ3v) is 5.51. The second kappa shape index (κ2) is 5.40. The average Bonchev–Trinajstić information content (AvgIpc) is 3.20. The van der Waals surface area contributed by atoms with Crippen LogP contribution >= 0.6 is 0 Å². The van der Waals surface area contributed by atoms with Gasteiger partial charge in [-0.2, -0.15) is 5.10 Å². The summed E-state index contributed by atoms with van der Waals surface area (Å²) in [6, 6.07) is 2.27. The minimum atomic E-state index is -0.291. The highest BCUT2D eigenvalue weighted by molar-refractivity contribution is 5.18. The molecule has 4 nitrogen and oxygen atoms in total. The van der Waals surface area contributed by atoms with Gasteiger partial charge in [0.15, 0.2) is 5.79 Å². The van der Waals surface area contributed by atoms with Gasteiger partial charge in [0.25, 0.3) is 0 Å². The van der Waals surface area contributed by atoms with E-state index in [9.17, 15) is 0 Å². The molecule has 2 saturated carbocycles. The van der Waals surface area contributed by atoms with Crippen LogP contribution in [0, 0.1) is 0 Å². The summed E-state index contributed by atoms with van der Waals surface area (Å²) in [5.74, 6) is 0.372. The molecular formula is C17H26N2O2. The Kier molecular flexibility index (Phi) is 3.54. The molecule has 1 atom stereocenters. The van der Waals surface area contributed by atoms with E-state index in [2.05, 4.69) is 6.07 Å². The van der Waals surface area contributed by atoms with Gasteiger partial charge in [-0.05, 0) is 31.7 Å². The smallest absolute Gasteiger partial charge is 0.169 e. The maximum Gasteiger partial charge on any atom is 0.169 e. The number of aryl methyl sites for hydroxylation is 1. The lowest BCUT2D eigenvalue weighted by atomic mass is 9.94. The highest BCUT2D eigenvalue weighted by Crippen LogP contribution is 2.43. The Morgan fingerprint density at radius 1 is 1.14 bits per heavy atom. The van der Waals surface area contributed by atoms with Crippen LogP contribution in [0.1, 0.15) is 81.2 Å². The van der Waals surface area contributed by atoms with Gasteiger partial charge in [0.05, 0.1) is 18.0 Å². The zero-order valence-corrected chi connectivity index (χ0v) is 13.0. The SMILES string of the molecule is Cn1nc(C2CCCC2)cc1C1COC2(CCCCC2)O1. The molecule has 1 aromatic heterocycles. The van der Waals surface area contributed by atoms with Crippen LogP contribution in [-0.4, -0.2) is 22.2 Å². The maximum absolute atomic E-state index is 6.35. The van der Waals surface area contributed by atoms with Crippen molar-refractivity contribution in [3.8, 4) is 0 Å². The predicted molar refractivity (Wildman–Crippen MR) is 80.0 cm³/mol. The van der Waals surface area contributed by atoms with Crippen LogP contribution in [0.25, 0.3) is 0 Å². The van der Waals surface area contributed by atoms with Crippen molar-refractivity contribution in [3.05, 3.63) is 17.5 Å². The molecule has 1 aromatic rings. The molecule has 3 fully saturated rings. The topological polar surface area (TPSA) is 36.3 Å². The Bertz CT molecular complexity index is 499. The van der Waals surface area contributed by atoms with E-state index >= 15 is 0 Å². The largest absolute Gasteiger partial charge is 0.347 e. The molecule has 0 N–H and O–H groups in total. The molecule has 2 heterocycles. The first-order valence-corrected chi connectivity index (χ1v) is 8.61. The third kappa shape index (κ3) is 2.53. The lowest BCUT2D eigenvalue weighted by molar-refractivity contribution is -0.188. The number of rotatable bonds is 2. The first-order chi connectivity index (χ1) is 10.3. The van der Waals surface area contributed by atoms with Gasteiger partial charge in [0, 0.05) is 25.8 Å². The second-order valence-electron chi connectivity index (χ2n) is 6.99. The normalized spacial score (nSPS) is 29.5. The first-order valence-electron chi connectivity index (χ1n) is 8.61. The number of nitrogens with zero attached hydrogens (tertiary/aromatic N) is 2. The van der Waals surface area contributed by atoms with E-state index in [-0.39, 0.29) is 11.9 Å². The van der Waals surface area contributed by atoms with Crippen molar-refractivity contribution in [2.45, 2.75) is 75.6 Å². The van der Waals surface area contributed by atoms with Crippen molar-refractivity contribution in [2.24, 2.45) is 7.05 Å². The third-order valence-electron chi connectivity index (χ3n) is 5.51. The number of hydrogen-bond acceptors (Lipinski definition) is 3. The van der Waals surface area contributed by atoms with Crippen LogP contribution in [0.3, 0.4) is 0 Å². The van der Waals surface area contributed by atoms with Crippen LogP contribution in [-0.2, 0) is 16.5 Å². The van der Waals surface area contributed by atoms with Crippen LogP contribution in [0.2, 0.25) is 0 Å². The van der Waals surface area contributed by atoms with Crippen LogP contribution in [0.15, 0.2) is 6.07 Å². The van der Waals surface area contributed by atoms with E-state index in [0.29, 0.717) is 12.5 Å². The van der Waals surface area contributed by atoms with Crippen molar-refractivity contribution in [3.63, 3.8) is 0 Å². The minimum Gasteiger partial charge on any atom is -0.347 e. The lowest BCUT2D eigenvalue weighted by Crippen LogP contribution is -2.32. The molecular weight excluding hydrogens is 264 g/mol. The minimum absolute atomic E-state index is 0.0655. The fourth-order valence-corrected chi connectivity index (χ4v) is 4.28. The highest BCUT2D eigenvalue weighted by Gasteiger charge is 2.43. The summed E-state index contributed by atoms with van der Waals surface area (Å²) in [4.78, 5) is 0. The van der Waals surface area contributed by atoms with E-state index in [1.807, 2.05) is 11.7 Å². The molecule has 1 spiro atoms. The Hall–Kier alpha value is -0.870.